The molecule has 19 heavy (non-hydrogen) atoms. The van der Waals surface area contributed by atoms with Gasteiger partial charge in [0.2, 0.25) is 0 Å². The molecular weight excluding hydrogens is 260 g/mol. The van der Waals surface area contributed by atoms with Crippen LogP contribution in [-0.4, -0.2) is 47.8 Å². The standard InChI is InChI=1S/C14H28O4Si/c1-15-14(10-6-7-13-8-11-18-13)9-4-5-12-19(14,16-2)17-3/h13H,4-12H2,1-3H3. The Balaban J connectivity index is 1.99. The minimum Gasteiger partial charge on any atom is -0.396 e. The number of rotatable bonds is 7. The third-order valence-corrected chi connectivity index (χ3v) is 9.40. The van der Waals surface area contributed by atoms with Gasteiger partial charge in [0, 0.05) is 27.9 Å². The molecule has 2 aliphatic heterocycles. The van der Waals surface area contributed by atoms with Crippen molar-refractivity contribution in [1.82, 2.24) is 0 Å². The van der Waals surface area contributed by atoms with Crippen LogP contribution >= 0.6 is 0 Å². The predicted molar refractivity (Wildman–Crippen MR) is 76.4 cm³/mol. The van der Waals surface area contributed by atoms with Crippen molar-refractivity contribution in [1.29, 1.82) is 0 Å². The van der Waals surface area contributed by atoms with E-state index in [9.17, 15) is 0 Å². The fourth-order valence-corrected chi connectivity index (χ4v) is 7.56. The Labute approximate surface area is 118 Å². The molecule has 0 N–H and O–H groups in total. The zero-order valence-corrected chi connectivity index (χ0v) is 13.6. The van der Waals surface area contributed by atoms with Crippen LogP contribution in [0.15, 0.2) is 0 Å². The zero-order valence-electron chi connectivity index (χ0n) is 12.6. The van der Waals surface area contributed by atoms with E-state index in [1.54, 1.807) is 14.2 Å². The maximum Gasteiger partial charge on any atom is 0.370 e. The molecule has 0 amide bonds. The molecule has 0 spiro atoms. The summed E-state index contributed by atoms with van der Waals surface area (Å²) in [6, 6.07) is 1.05. The Hall–Kier alpha value is 0.0569. The predicted octanol–water partition coefficient (Wildman–Crippen LogP) is 2.79. The number of hydrogen-bond donors (Lipinski definition) is 0. The molecule has 2 aliphatic rings. The number of hydrogen-bond acceptors (Lipinski definition) is 4. The zero-order chi connectivity index (χ0) is 13.8. The third kappa shape index (κ3) is 2.90. The molecule has 0 saturated carbocycles. The monoisotopic (exact) mass is 288 g/mol. The largest absolute Gasteiger partial charge is 0.396 e. The summed E-state index contributed by atoms with van der Waals surface area (Å²) < 4.78 is 23.3. The fraction of sp³-hybridized carbons (Fsp3) is 1.00. The highest BCUT2D eigenvalue weighted by Gasteiger charge is 2.58. The van der Waals surface area contributed by atoms with Crippen LogP contribution in [0.2, 0.25) is 6.04 Å². The van der Waals surface area contributed by atoms with E-state index in [1.807, 2.05) is 7.11 Å². The van der Waals surface area contributed by atoms with Crippen molar-refractivity contribution in [3.05, 3.63) is 0 Å². The summed E-state index contributed by atoms with van der Waals surface area (Å²) in [4.78, 5) is 0. The average molecular weight is 288 g/mol. The molecule has 0 aromatic rings. The van der Waals surface area contributed by atoms with E-state index in [1.165, 1.54) is 19.3 Å². The summed E-state index contributed by atoms with van der Waals surface area (Å²) in [5.41, 5.74) is 0. The molecule has 0 bridgehead atoms. The van der Waals surface area contributed by atoms with Gasteiger partial charge in [-0.15, -0.1) is 0 Å². The van der Waals surface area contributed by atoms with Gasteiger partial charge in [-0.05, 0) is 38.1 Å². The van der Waals surface area contributed by atoms with E-state index in [0.29, 0.717) is 6.10 Å². The quantitative estimate of drug-likeness (QED) is 0.675. The molecule has 4 nitrogen and oxygen atoms in total. The van der Waals surface area contributed by atoms with Crippen molar-refractivity contribution >= 4 is 8.56 Å². The molecule has 2 heterocycles. The summed E-state index contributed by atoms with van der Waals surface area (Å²) in [6.45, 7) is 0.939. The average Bonchev–Trinajstić information content (AvgIpc) is 2.42. The van der Waals surface area contributed by atoms with Gasteiger partial charge in [0.25, 0.3) is 0 Å². The Bertz CT molecular complexity index is 279. The van der Waals surface area contributed by atoms with Crippen LogP contribution < -0.4 is 0 Å². The lowest BCUT2D eigenvalue weighted by molar-refractivity contribution is -0.0618. The van der Waals surface area contributed by atoms with Gasteiger partial charge in [0.15, 0.2) is 0 Å². The molecule has 0 aromatic heterocycles. The van der Waals surface area contributed by atoms with Gasteiger partial charge in [0.1, 0.15) is 5.22 Å². The SMILES string of the molecule is COC1(CCCC2CCO2)CCCC[Si]1(OC)OC. The van der Waals surface area contributed by atoms with Gasteiger partial charge in [-0.2, -0.15) is 0 Å². The lowest BCUT2D eigenvalue weighted by atomic mass is 10.0. The molecule has 2 saturated heterocycles. The molecule has 0 radical (unpaired) electrons. The van der Waals surface area contributed by atoms with Crippen LogP contribution in [-0.2, 0) is 18.3 Å². The molecule has 112 valence electrons. The van der Waals surface area contributed by atoms with Gasteiger partial charge in [-0.1, -0.05) is 12.8 Å². The van der Waals surface area contributed by atoms with E-state index >= 15 is 0 Å². The summed E-state index contributed by atoms with van der Waals surface area (Å²) in [5, 5.41) is -0.168. The van der Waals surface area contributed by atoms with E-state index < -0.39 is 8.56 Å². The van der Waals surface area contributed by atoms with Crippen LogP contribution in [0.25, 0.3) is 0 Å². The molecule has 0 aromatic carbocycles. The van der Waals surface area contributed by atoms with E-state index in [2.05, 4.69) is 0 Å². The molecule has 2 unspecified atom stereocenters. The molecule has 2 atom stereocenters. The second-order valence-electron chi connectivity index (χ2n) is 5.74. The molecule has 2 rings (SSSR count). The second kappa shape index (κ2) is 6.67. The van der Waals surface area contributed by atoms with Gasteiger partial charge >= 0.3 is 8.56 Å². The topological polar surface area (TPSA) is 36.9 Å². The number of methoxy groups -OCH3 is 1. The first-order chi connectivity index (χ1) is 9.22. The maximum atomic E-state index is 5.98. The number of ether oxygens (including phenoxy) is 2. The minimum absolute atomic E-state index is 0.168. The molecule has 2 fully saturated rings. The summed E-state index contributed by atoms with van der Waals surface area (Å²) in [5.74, 6) is 0. The maximum absolute atomic E-state index is 5.98. The highest BCUT2D eigenvalue weighted by molar-refractivity contribution is 6.70. The van der Waals surface area contributed by atoms with Gasteiger partial charge < -0.3 is 18.3 Å². The van der Waals surface area contributed by atoms with Crippen molar-refractivity contribution in [3.8, 4) is 0 Å². The Morgan fingerprint density at radius 1 is 1.21 bits per heavy atom. The van der Waals surface area contributed by atoms with Crippen LogP contribution in [0.1, 0.15) is 44.9 Å². The van der Waals surface area contributed by atoms with Gasteiger partial charge in [-0.3, -0.25) is 0 Å². The van der Waals surface area contributed by atoms with Crippen LogP contribution in [0.3, 0.4) is 0 Å². The van der Waals surface area contributed by atoms with Crippen LogP contribution in [0.5, 0.6) is 0 Å². The van der Waals surface area contributed by atoms with Crippen molar-refractivity contribution < 1.29 is 18.3 Å². The van der Waals surface area contributed by atoms with Gasteiger partial charge in [0.05, 0.1) is 6.10 Å². The first-order valence-electron chi connectivity index (χ1n) is 7.49. The first-order valence-corrected chi connectivity index (χ1v) is 9.51. The normalized spacial score (nSPS) is 33.9. The summed E-state index contributed by atoms with van der Waals surface area (Å²) in [7, 11) is 3.18. The Morgan fingerprint density at radius 2 is 1.95 bits per heavy atom. The van der Waals surface area contributed by atoms with Crippen molar-refractivity contribution in [2.24, 2.45) is 0 Å². The lowest BCUT2D eigenvalue weighted by Gasteiger charge is -2.48. The van der Waals surface area contributed by atoms with Crippen molar-refractivity contribution in [2.45, 2.75) is 62.3 Å². The second-order valence-corrected chi connectivity index (χ2v) is 9.47. The van der Waals surface area contributed by atoms with Crippen molar-refractivity contribution in [3.63, 3.8) is 0 Å². The highest BCUT2D eigenvalue weighted by Crippen LogP contribution is 2.43. The fourth-order valence-electron chi connectivity index (χ4n) is 3.65. The van der Waals surface area contributed by atoms with Crippen LogP contribution in [0.4, 0.5) is 0 Å². The lowest BCUT2D eigenvalue weighted by Crippen LogP contribution is -2.64. The van der Waals surface area contributed by atoms with Gasteiger partial charge in [-0.25, -0.2) is 0 Å². The van der Waals surface area contributed by atoms with E-state index in [0.717, 1.165) is 38.3 Å². The van der Waals surface area contributed by atoms with E-state index in [-0.39, 0.29) is 5.22 Å². The van der Waals surface area contributed by atoms with Crippen molar-refractivity contribution in [2.75, 3.05) is 27.9 Å². The molecule has 5 heteroatoms. The summed E-state index contributed by atoms with van der Waals surface area (Å²) >= 11 is 0. The molecule has 0 aliphatic carbocycles. The minimum atomic E-state index is -2.24. The summed E-state index contributed by atoms with van der Waals surface area (Å²) in [6.07, 6.45) is 8.51. The smallest absolute Gasteiger partial charge is 0.370 e. The van der Waals surface area contributed by atoms with E-state index in [4.69, 9.17) is 18.3 Å². The highest BCUT2D eigenvalue weighted by atomic mass is 28.4. The third-order valence-electron chi connectivity index (χ3n) is 4.98. The Morgan fingerprint density at radius 3 is 2.47 bits per heavy atom. The molecular formula is C14H28O4Si. The first kappa shape index (κ1) is 15.4. The van der Waals surface area contributed by atoms with Crippen LogP contribution in [0, 0.1) is 0 Å². The Kier molecular flexibility index (Phi) is 5.43.